The lowest BCUT2D eigenvalue weighted by molar-refractivity contribution is -0.286. The summed E-state index contributed by atoms with van der Waals surface area (Å²) < 4.78 is 43.2. The van der Waals surface area contributed by atoms with Crippen molar-refractivity contribution in [1.29, 1.82) is 0 Å². The van der Waals surface area contributed by atoms with E-state index in [4.69, 9.17) is 10.2 Å². The Morgan fingerprint density at radius 1 is 1.19 bits per heavy atom. The number of alkyl halides is 2. The number of benzene rings is 1. The van der Waals surface area contributed by atoms with Crippen LogP contribution < -0.4 is 15.2 Å². The number of hydrogen-bond donors (Lipinski definition) is 1. The first-order valence-electron chi connectivity index (χ1n) is 9.77. The van der Waals surface area contributed by atoms with Crippen molar-refractivity contribution in [2.45, 2.75) is 32.6 Å². The number of hydrogen-bond acceptors (Lipinski definition) is 9. The Morgan fingerprint density at radius 3 is 2.94 bits per heavy atom. The van der Waals surface area contributed by atoms with Gasteiger partial charge in [-0.25, -0.2) is 15.0 Å². The lowest BCUT2D eigenvalue weighted by Gasteiger charge is -2.24. The molecule has 2 N–H and O–H groups in total. The summed E-state index contributed by atoms with van der Waals surface area (Å²) in [5, 5.41) is 4.95. The maximum atomic E-state index is 13.5. The van der Waals surface area contributed by atoms with Crippen LogP contribution in [0, 0.1) is 6.92 Å². The predicted molar refractivity (Wildman–Crippen MR) is 103 cm³/mol. The predicted octanol–water partition coefficient (Wildman–Crippen LogP) is 2.08. The molecular formula is C19H17F2N7O3. The molecule has 2 aliphatic rings. The summed E-state index contributed by atoms with van der Waals surface area (Å²) in [6.45, 7) is 4.13. The fraction of sp³-hybridized carbons (Fsp3) is 0.368. The average Bonchev–Trinajstić information content (AvgIpc) is 3.39. The van der Waals surface area contributed by atoms with Gasteiger partial charge in [-0.15, -0.1) is 13.9 Å². The lowest BCUT2D eigenvalue weighted by Crippen LogP contribution is -2.32. The zero-order chi connectivity index (χ0) is 21.3. The van der Waals surface area contributed by atoms with Crippen LogP contribution in [0.4, 0.5) is 14.7 Å². The third kappa shape index (κ3) is 2.93. The number of nitrogens with two attached hydrogens (primary N) is 1. The summed E-state index contributed by atoms with van der Waals surface area (Å²) >= 11 is 0. The van der Waals surface area contributed by atoms with Crippen LogP contribution in [0.15, 0.2) is 16.5 Å². The third-order valence-electron chi connectivity index (χ3n) is 5.45. The van der Waals surface area contributed by atoms with Crippen molar-refractivity contribution < 1.29 is 22.7 Å². The summed E-state index contributed by atoms with van der Waals surface area (Å²) in [7, 11) is 0. The summed E-state index contributed by atoms with van der Waals surface area (Å²) in [5.74, 6) is 1.92. The van der Waals surface area contributed by atoms with E-state index in [1.165, 1.54) is 10.6 Å². The Kier molecular flexibility index (Phi) is 3.67. The number of nitrogens with zero attached hydrogens (tertiary/aromatic N) is 6. The maximum absolute atomic E-state index is 13.5. The van der Waals surface area contributed by atoms with Gasteiger partial charge in [-0.1, -0.05) is 0 Å². The van der Waals surface area contributed by atoms with Crippen molar-refractivity contribution in [3.05, 3.63) is 35.3 Å². The zero-order valence-electron chi connectivity index (χ0n) is 16.4. The second-order valence-electron chi connectivity index (χ2n) is 7.57. The van der Waals surface area contributed by atoms with Crippen LogP contribution in [0.5, 0.6) is 11.5 Å². The topological polar surface area (TPSA) is 117 Å². The Morgan fingerprint density at radius 2 is 2.06 bits per heavy atom. The van der Waals surface area contributed by atoms with Gasteiger partial charge >= 0.3 is 6.29 Å². The van der Waals surface area contributed by atoms with Gasteiger partial charge in [-0.2, -0.15) is 4.52 Å². The van der Waals surface area contributed by atoms with Crippen molar-refractivity contribution in [3.63, 3.8) is 0 Å². The fourth-order valence-electron chi connectivity index (χ4n) is 4.07. The SMILES string of the molecule is Cc1nc2c(o1)CN(CCc1nc3c4ccc5c(c4nc(N)n3n1)OC(F)(F)O5)CC2. The molecule has 0 saturated carbocycles. The minimum Gasteiger partial charge on any atom is -0.444 e. The van der Waals surface area contributed by atoms with Gasteiger partial charge in [-0.3, -0.25) is 4.90 Å². The molecule has 10 nitrogen and oxygen atoms in total. The molecule has 2 aliphatic heterocycles. The molecule has 1 aromatic carbocycles. The van der Waals surface area contributed by atoms with Gasteiger partial charge in [0.1, 0.15) is 11.3 Å². The molecule has 0 fully saturated rings. The second-order valence-corrected chi connectivity index (χ2v) is 7.57. The van der Waals surface area contributed by atoms with E-state index >= 15 is 0 Å². The molecular weight excluding hydrogens is 412 g/mol. The molecule has 0 unspecified atom stereocenters. The Bertz CT molecular complexity index is 1350. The number of halogens is 2. The number of ether oxygens (including phenoxy) is 2. The number of rotatable bonds is 3. The molecule has 4 aromatic rings. The number of aromatic nitrogens is 5. The summed E-state index contributed by atoms with van der Waals surface area (Å²) in [6.07, 6.45) is -2.33. The normalized spacial score (nSPS) is 17.5. The van der Waals surface area contributed by atoms with Gasteiger partial charge in [0.05, 0.1) is 12.2 Å². The van der Waals surface area contributed by atoms with E-state index in [0.29, 0.717) is 35.7 Å². The third-order valence-corrected chi connectivity index (χ3v) is 5.45. The first-order valence-corrected chi connectivity index (χ1v) is 9.77. The highest BCUT2D eigenvalue weighted by molar-refractivity contribution is 5.97. The standard InChI is InChI=1S/C19H17F2N7O3/c1-9-23-11-4-6-27(8-13(11)29-9)7-5-14-24-17-10-2-3-12-16(31-19(20,21)30-12)15(10)25-18(22)28(17)26-14/h2-3H,4-8H2,1H3,(H2,22,25). The van der Waals surface area contributed by atoms with Gasteiger partial charge < -0.3 is 19.6 Å². The van der Waals surface area contributed by atoms with Crippen molar-refractivity contribution in [3.8, 4) is 11.5 Å². The number of fused-ring (bicyclic) bond motifs is 6. The van der Waals surface area contributed by atoms with E-state index in [1.807, 2.05) is 6.92 Å². The molecule has 3 aromatic heterocycles. The number of anilines is 1. The number of oxazole rings is 1. The van der Waals surface area contributed by atoms with E-state index in [0.717, 1.165) is 31.0 Å². The smallest absolute Gasteiger partial charge is 0.444 e. The van der Waals surface area contributed by atoms with E-state index in [2.05, 4.69) is 34.4 Å². The first kappa shape index (κ1) is 18.2. The van der Waals surface area contributed by atoms with Crippen molar-refractivity contribution in [2.24, 2.45) is 0 Å². The molecule has 160 valence electrons. The largest absolute Gasteiger partial charge is 0.586 e. The molecule has 0 aliphatic carbocycles. The van der Waals surface area contributed by atoms with Gasteiger partial charge in [0, 0.05) is 38.2 Å². The molecule has 0 amide bonds. The van der Waals surface area contributed by atoms with E-state index in [9.17, 15) is 8.78 Å². The minimum atomic E-state index is -3.74. The molecule has 12 heteroatoms. The molecule has 0 spiro atoms. The lowest BCUT2D eigenvalue weighted by atomic mass is 10.1. The van der Waals surface area contributed by atoms with Gasteiger partial charge in [-0.05, 0) is 12.1 Å². The highest BCUT2D eigenvalue weighted by atomic mass is 19.3. The highest BCUT2D eigenvalue weighted by Crippen LogP contribution is 2.45. The summed E-state index contributed by atoms with van der Waals surface area (Å²) in [5.41, 5.74) is 7.63. The van der Waals surface area contributed by atoms with E-state index in [1.54, 1.807) is 6.07 Å². The first-order chi connectivity index (χ1) is 14.9. The van der Waals surface area contributed by atoms with Crippen LogP contribution in [-0.2, 0) is 19.4 Å². The monoisotopic (exact) mass is 429 g/mol. The molecule has 0 saturated heterocycles. The molecule has 0 radical (unpaired) electrons. The van der Waals surface area contributed by atoms with Gasteiger partial charge in [0.2, 0.25) is 5.95 Å². The second kappa shape index (κ2) is 6.23. The van der Waals surface area contributed by atoms with Crippen LogP contribution in [0.25, 0.3) is 16.6 Å². The quantitative estimate of drug-likeness (QED) is 0.522. The fourth-order valence-corrected chi connectivity index (χ4v) is 4.07. The van der Waals surface area contributed by atoms with Crippen molar-refractivity contribution in [1.82, 2.24) is 29.5 Å². The number of aryl methyl sites for hydroxylation is 1. The Hall–Kier alpha value is -3.54. The van der Waals surface area contributed by atoms with Gasteiger partial charge in [0.25, 0.3) is 0 Å². The van der Waals surface area contributed by atoms with E-state index < -0.39 is 6.29 Å². The molecule has 5 heterocycles. The van der Waals surface area contributed by atoms with E-state index in [-0.39, 0.29) is 23.0 Å². The number of nitrogen functional groups attached to an aromatic ring is 1. The van der Waals surface area contributed by atoms with Crippen molar-refractivity contribution >= 4 is 22.5 Å². The van der Waals surface area contributed by atoms with Gasteiger partial charge in [0.15, 0.2) is 28.9 Å². The van der Waals surface area contributed by atoms with Crippen molar-refractivity contribution in [2.75, 3.05) is 18.8 Å². The Labute approximate surface area is 173 Å². The average molecular weight is 429 g/mol. The summed E-state index contributed by atoms with van der Waals surface area (Å²) in [4.78, 5) is 15.4. The van der Waals surface area contributed by atoms with Crippen LogP contribution in [0.1, 0.15) is 23.2 Å². The molecule has 0 atom stereocenters. The van der Waals surface area contributed by atoms with Crippen LogP contribution >= 0.6 is 0 Å². The zero-order valence-corrected chi connectivity index (χ0v) is 16.4. The van der Waals surface area contributed by atoms with Crippen LogP contribution in [0.3, 0.4) is 0 Å². The summed E-state index contributed by atoms with van der Waals surface area (Å²) in [6, 6.07) is 2.99. The highest BCUT2D eigenvalue weighted by Gasteiger charge is 2.45. The minimum absolute atomic E-state index is 0.0215. The van der Waals surface area contributed by atoms with Crippen LogP contribution in [-0.4, -0.2) is 48.9 Å². The molecule has 0 bridgehead atoms. The molecule has 6 rings (SSSR count). The molecule has 31 heavy (non-hydrogen) atoms. The maximum Gasteiger partial charge on any atom is 0.586 e. The Balaban J connectivity index is 1.30. The van der Waals surface area contributed by atoms with Crippen LogP contribution in [0.2, 0.25) is 0 Å².